The van der Waals surface area contributed by atoms with E-state index in [1.165, 1.54) is 0 Å². The van der Waals surface area contributed by atoms with E-state index in [0.717, 1.165) is 5.56 Å². The fourth-order valence-electron chi connectivity index (χ4n) is 2.29. The first-order valence-electron chi connectivity index (χ1n) is 7.41. The SMILES string of the molecule is Cc1nc(-c2ccc(S(=O)(=O)N[C@@H](C)c3ccccn3)cc2)co1. The van der Waals surface area contributed by atoms with Crippen LogP contribution in [0.3, 0.4) is 0 Å². The third kappa shape index (κ3) is 3.52. The molecule has 124 valence electrons. The first-order chi connectivity index (χ1) is 11.5. The quantitative estimate of drug-likeness (QED) is 0.769. The Labute approximate surface area is 140 Å². The molecule has 0 bridgehead atoms. The third-order valence-electron chi connectivity index (χ3n) is 3.54. The zero-order chi connectivity index (χ0) is 17.2. The molecular formula is C17H17N3O3S. The summed E-state index contributed by atoms with van der Waals surface area (Å²) in [5, 5.41) is 0. The van der Waals surface area contributed by atoms with Gasteiger partial charge in [0, 0.05) is 18.7 Å². The lowest BCUT2D eigenvalue weighted by atomic mass is 10.2. The number of nitrogens with one attached hydrogen (secondary N) is 1. The van der Waals surface area contributed by atoms with Crippen molar-refractivity contribution in [2.24, 2.45) is 0 Å². The van der Waals surface area contributed by atoms with Crippen LogP contribution in [-0.2, 0) is 10.0 Å². The van der Waals surface area contributed by atoms with Gasteiger partial charge in [-0.3, -0.25) is 4.98 Å². The number of hydrogen-bond acceptors (Lipinski definition) is 5. The van der Waals surface area contributed by atoms with Crippen LogP contribution in [0.5, 0.6) is 0 Å². The number of aromatic nitrogens is 2. The number of pyridine rings is 1. The molecule has 0 radical (unpaired) electrons. The highest BCUT2D eigenvalue weighted by Gasteiger charge is 2.19. The highest BCUT2D eigenvalue weighted by molar-refractivity contribution is 7.89. The first-order valence-corrected chi connectivity index (χ1v) is 8.90. The van der Waals surface area contributed by atoms with Gasteiger partial charge in [-0.2, -0.15) is 0 Å². The summed E-state index contributed by atoms with van der Waals surface area (Å²) in [6.07, 6.45) is 3.18. The molecular weight excluding hydrogens is 326 g/mol. The molecule has 0 spiro atoms. The smallest absolute Gasteiger partial charge is 0.241 e. The van der Waals surface area contributed by atoms with Gasteiger partial charge in [0.2, 0.25) is 10.0 Å². The number of hydrogen-bond donors (Lipinski definition) is 1. The van der Waals surface area contributed by atoms with Gasteiger partial charge in [-0.25, -0.2) is 18.1 Å². The van der Waals surface area contributed by atoms with E-state index in [0.29, 0.717) is 17.3 Å². The van der Waals surface area contributed by atoms with E-state index in [2.05, 4.69) is 14.7 Å². The minimum absolute atomic E-state index is 0.189. The van der Waals surface area contributed by atoms with Crippen LogP contribution in [0.2, 0.25) is 0 Å². The van der Waals surface area contributed by atoms with E-state index in [1.807, 2.05) is 6.07 Å². The Bertz CT molecular complexity index is 919. The summed E-state index contributed by atoms with van der Waals surface area (Å²) >= 11 is 0. The summed E-state index contributed by atoms with van der Waals surface area (Å²) in [6, 6.07) is 11.5. The van der Waals surface area contributed by atoms with Crippen molar-refractivity contribution >= 4 is 10.0 Å². The van der Waals surface area contributed by atoms with Crippen molar-refractivity contribution in [1.82, 2.24) is 14.7 Å². The van der Waals surface area contributed by atoms with E-state index < -0.39 is 16.1 Å². The van der Waals surface area contributed by atoms with Crippen LogP contribution >= 0.6 is 0 Å². The van der Waals surface area contributed by atoms with Gasteiger partial charge in [0.1, 0.15) is 12.0 Å². The third-order valence-corrected chi connectivity index (χ3v) is 5.10. The Morgan fingerprint density at radius 2 is 1.88 bits per heavy atom. The molecule has 0 aliphatic carbocycles. The zero-order valence-electron chi connectivity index (χ0n) is 13.3. The maximum Gasteiger partial charge on any atom is 0.241 e. The molecule has 3 rings (SSSR count). The van der Waals surface area contributed by atoms with Crippen LogP contribution in [0.4, 0.5) is 0 Å². The number of sulfonamides is 1. The summed E-state index contributed by atoms with van der Waals surface area (Å²) in [7, 11) is -3.64. The van der Waals surface area contributed by atoms with Gasteiger partial charge in [-0.15, -0.1) is 0 Å². The Hall–Kier alpha value is -2.51. The molecule has 0 aliphatic rings. The normalized spacial score (nSPS) is 12.9. The van der Waals surface area contributed by atoms with E-state index in [9.17, 15) is 8.42 Å². The lowest BCUT2D eigenvalue weighted by molar-refractivity contribution is 0.521. The van der Waals surface area contributed by atoms with Gasteiger partial charge in [-0.05, 0) is 31.2 Å². The summed E-state index contributed by atoms with van der Waals surface area (Å²) in [5.41, 5.74) is 2.13. The minimum Gasteiger partial charge on any atom is -0.449 e. The average molecular weight is 343 g/mol. The van der Waals surface area contributed by atoms with Gasteiger partial charge >= 0.3 is 0 Å². The molecule has 0 saturated heterocycles. The fraction of sp³-hybridized carbons (Fsp3) is 0.176. The maximum atomic E-state index is 12.5. The second-order valence-corrected chi connectivity index (χ2v) is 7.09. The fourth-order valence-corrected chi connectivity index (χ4v) is 3.51. The number of oxazole rings is 1. The van der Waals surface area contributed by atoms with Gasteiger partial charge in [0.15, 0.2) is 5.89 Å². The van der Waals surface area contributed by atoms with Crippen LogP contribution in [0, 0.1) is 6.92 Å². The lowest BCUT2D eigenvalue weighted by Gasteiger charge is -2.13. The molecule has 1 aromatic carbocycles. The van der Waals surface area contributed by atoms with Gasteiger partial charge in [0.05, 0.1) is 16.6 Å². The monoisotopic (exact) mass is 343 g/mol. The van der Waals surface area contributed by atoms with Crippen molar-refractivity contribution in [3.05, 3.63) is 66.5 Å². The van der Waals surface area contributed by atoms with Crippen molar-refractivity contribution in [3.63, 3.8) is 0 Å². The first kappa shape index (κ1) is 16.4. The molecule has 7 heteroatoms. The molecule has 6 nitrogen and oxygen atoms in total. The number of aryl methyl sites for hydroxylation is 1. The molecule has 3 aromatic rings. The second kappa shape index (κ2) is 6.54. The number of nitrogens with zero attached hydrogens (tertiary/aromatic N) is 2. The van der Waals surface area contributed by atoms with E-state index >= 15 is 0 Å². The van der Waals surface area contributed by atoms with Crippen LogP contribution in [0.15, 0.2) is 64.2 Å². The van der Waals surface area contributed by atoms with E-state index in [4.69, 9.17) is 4.42 Å². The molecule has 1 N–H and O–H groups in total. The molecule has 0 saturated carbocycles. The topological polar surface area (TPSA) is 85.1 Å². The van der Waals surface area contributed by atoms with Crippen molar-refractivity contribution in [2.75, 3.05) is 0 Å². The predicted molar refractivity (Wildman–Crippen MR) is 89.6 cm³/mol. The number of benzene rings is 1. The van der Waals surface area contributed by atoms with Crippen molar-refractivity contribution in [3.8, 4) is 11.3 Å². The zero-order valence-corrected chi connectivity index (χ0v) is 14.1. The molecule has 0 fully saturated rings. The number of rotatable bonds is 5. The second-order valence-electron chi connectivity index (χ2n) is 5.37. The van der Waals surface area contributed by atoms with Crippen LogP contribution in [0.1, 0.15) is 24.6 Å². The Morgan fingerprint density at radius 1 is 1.12 bits per heavy atom. The Balaban J connectivity index is 1.80. The van der Waals surface area contributed by atoms with Crippen LogP contribution in [0.25, 0.3) is 11.3 Å². The highest BCUT2D eigenvalue weighted by atomic mass is 32.2. The maximum absolute atomic E-state index is 12.5. The highest BCUT2D eigenvalue weighted by Crippen LogP contribution is 2.21. The van der Waals surface area contributed by atoms with Gasteiger partial charge in [-0.1, -0.05) is 18.2 Å². The van der Waals surface area contributed by atoms with Gasteiger partial charge in [0.25, 0.3) is 0 Å². The summed E-state index contributed by atoms with van der Waals surface area (Å²) in [6.45, 7) is 3.51. The summed E-state index contributed by atoms with van der Waals surface area (Å²) < 4.78 is 32.8. The predicted octanol–water partition coefficient (Wildman–Crippen LogP) is 3.08. The average Bonchev–Trinajstić information content (AvgIpc) is 3.02. The van der Waals surface area contributed by atoms with Crippen molar-refractivity contribution in [2.45, 2.75) is 24.8 Å². The van der Waals surface area contributed by atoms with Crippen molar-refractivity contribution in [1.29, 1.82) is 0 Å². The molecule has 1 atom stereocenters. The van der Waals surface area contributed by atoms with E-state index in [-0.39, 0.29) is 4.90 Å². The summed E-state index contributed by atoms with van der Waals surface area (Å²) in [5.74, 6) is 0.563. The van der Waals surface area contributed by atoms with Crippen LogP contribution < -0.4 is 4.72 Å². The molecule has 2 aromatic heterocycles. The molecule has 0 unspecified atom stereocenters. The molecule has 24 heavy (non-hydrogen) atoms. The Morgan fingerprint density at radius 3 is 2.46 bits per heavy atom. The van der Waals surface area contributed by atoms with Crippen molar-refractivity contribution < 1.29 is 12.8 Å². The minimum atomic E-state index is -3.64. The standard InChI is InChI=1S/C17H17N3O3S/c1-12(16-5-3-4-10-18-16)20-24(21,22)15-8-6-14(7-9-15)17-11-23-13(2)19-17/h3-12,20H,1-2H3/t12-/m0/s1. The van der Waals surface area contributed by atoms with E-state index in [1.54, 1.807) is 62.7 Å². The lowest BCUT2D eigenvalue weighted by Crippen LogP contribution is -2.27. The van der Waals surface area contributed by atoms with Gasteiger partial charge < -0.3 is 4.42 Å². The van der Waals surface area contributed by atoms with Crippen LogP contribution in [-0.4, -0.2) is 18.4 Å². The molecule has 0 aliphatic heterocycles. The largest absolute Gasteiger partial charge is 0.449 e. The molecule has 2 heterocycles. The molecule has 0 amide bonds. The summed E-state index contributed by atoms with van der Waals surface area (Å²) in [4.78, 5) is 8.58. The Kier molecular flexibility index (Phi) is 4.46.